The second-order valence-electron chi connectivity index (χ2n) is 5.42. The molecule has 0 bridgehead atoms. The molecular weight excluding hydrogens is 392 g/mol. The number of halogens is 1. The molecule has 1 aromatic carbocycles. The monoisotopic (exact) mass is 410 g/mol. The van der Waals surface area contributed by atoms with Gasteiger partial charge in [-0.05, 0) is 38.5 Å². The fourth-order valence-corrected chi connectivity index (χ4v) is 2.67. The topological polar surface area (TPSA) is 93.7 Å². The molecule has 0 aliphatic carbocycles. The van der Waals surface area contributed by atoms with E-state index in [9.17, 15) is 14.4 Å². The average Bonchev–Trinajstić information content (AvgIpc) is 2.54. The normalized spacial score (nSPS) is 18.1. The standard InChI is InChI=1S/C17H19BrN2O5/c1-4-24-15(21)10(3)25-16(22)13-9(2)19-17(23)20-14(13)11-5-7-12(18)8-6-11/h5-8,10,14H,4H2,1-3H3,(H2,19,20,23)/t10-,14+/m0/s1. The molecule has 7 nitrogen and oxygen atoms in total. The molecule has 0 saturated heterocycles. The maximum atomic E-state index is 12.6. The number of carbonyl (C=O) groups excluding carboxylic acids is 3. The lowest BCUT2D eigenvalue weighted by Crippen LogP contribution is -2.45. The summed E-state index contributed by atoms with van der Waals surface area (Å²) in [6.07, 6.45) is -1.05. The first-order valence-corrected chi connectivity index (χ1v) is 8.54. The summed E-state index contributed by atoms with van der Waals surface area (Å²) >= 11 is 3.35. The van der Waals surface area contributed by atoms with Crippen molar-refractivity contribution in [3.8, 4) is 0 Å². The van der Waals surface area contributed by atoms with Crippen LogP contribution in [-0.2, 0) is 19.1 Å². The minimum atomic E-state index is -1.05. The number of amides is 2. The summed E-state index contributed by atoms with van der Waals surface area (Å²) < 4.78 is 10.9. The number of ether oxygens (including phenoxy) is 2. The van der Waals surface area contributed by atoms with Gasteiger partial charge < -0.3 is 20.1 Å². The summed E-state index contributed by atoms with van der Waals surface area (Å²) in [7, 11) is 0. The van der Waals surface area contributed by atoms with Crippen molar-refractivity contribution < 1.29 is 23.9 Å². The van der Waals surface area contributed by atoms with Crippen LogP contribution in [-0.4, -0.2) is 30.7 Å². The van der Waals surface area contributed by atoms with Gasteiger partial charge in [-0.3, -0.25) is 0 Å². The molecule has 25 heavy (non-hydrogen) atoms. The van der Waals surface area contributed by atoms with E-state index in [2.05, 4.69) is 26.6 Å². The summed E-state index contributed by atoms with van der Waals surface area (Å²) in [5.41, 5.74) is 1.32. The zero-order valence-electron chi connectivity index (χ0n) is 14.1. The van der Waals surface area contributed by atoms with Crippen molar-refractivity contribution in [1.82, 2.24) is 10.6 Å². The molecular formula is C17H19BrN2O5. The van der Waals surface area contributed by atoms with Crippen molar-refractivity contribution in [2.45, 2.75) is 32.9 Å². The number of hydrogen-bond donors (Lipinski definition) is 2. The summed E-state index contributed by atoms with van der Waals surface area (Å²) in [6, 6.07) is 6.10. The fourth-order valence-electron chi connectivity index (χ4n) is 2.40. The molecule has 2 N–H and O–H groups in total. The summed E-state index contributed by atoms with van der Waals surface area (Å²) in [4.78, 5) is 36.1. The van der Waals surface area contributed by atoms with Gasteiger partial charge in [0.25, 0.3) is 0 Å². The molecule has 0 radical (unpaired) electrons. The van der Waals surface area contributed by atoms with Crippen LogP contribution < -0.4 is 10.6 Å². The van der Waals surface area contributed by atoms with E-state index in [0.29, 0.717) is 11.3 Å². The maximum absolute atomic E-state index is 12.6. The number of nitrogens with one attached hydrogen (secondary N) is 2. The summed E-state index contributed by atoms with van der Waals surface area (Å²) in [5.74, 6) is -1.32. The van der Waals surface area contributed by atoms with E-state index in [1.54, 1.807) is 26.0 Å². The number of urea groups is 1. The molecule has 2 atom stereocenters. The Bertz CT molecular complexity index is 714. The second kappa shape index (κ2) is 8.15. The Morgan fingerprint density at radius 3 is 2.52 bits per heavy atom. The number of benzene rings is 1. The van der Waals surface area contributed by atoms with E-state index in [0.717, 1.165) is 4.47 Å². The molecule has 0 saturated carbocycles. The van der Waals surface area contributed by atoms with Gasteiger partial charge in [0.05, 0.1) is 18.2 Å². The molecule has 1 aliphatic heterocycles. The van der Waals surface area contributed by atoms with Crippen LogP contribution in [0.2, 0.25) is 0 Å². The van der Waals surface area contributed by atoms with Crippen LogP contribution in [0.15, 0.2) is 40.0 Å². The highest BCUT2D eigenvalue weighted by Gasteiger charge is 2.33. The molecule has 0 spiro atoms. The van der Waals surface area contributed by atoms with E-state index >= 15 is 0 Å². The summed E-state index contributed by atoms with van der Waals surface area (Å²) in [6.45, 7) is 4.91. The predicted octanol–water partition coefficient (Wildman–Crippen LogP) is 2.57. The highest BCUT2D eigenvalue weighted by Crippen LogP contribution is 2.28. The van der Waals surface area contributed by atoms with Crippen LogP contribution in [0.4, 0.5) is 4.79 Å². The van der Waals surface area contributed by atoms with E-state index in [4.69, 9.17) is 9.47 Å². The molecule has 1 aliphatic rings. The lowest BCUT2D eigenvalue weighted by molar-refractivity contribution is -0.164. The van der Waals surface area contributed by atoms with Gasteiger partial charge in [0, 0.05) is 10.2 Å². The predicted molar refractivity (Wildman–Crippen MR) is 93.4 cm³/mol. The number of esters is 2. The SMILES string of the molecule is CCOC(=O)[C@H](C)OC(=O)C1=C(C)NC(=O)N[C@@H]1c1ccc(Br)cc1. The van der Waals surface area contributed by atoms with Gasteiger partial charge in [0.2, 0.25) is 0 Å². The van der Waals surface area contributed by atoms with E-state index in [-0.39, 0.29) is 12.2 Å². The van der Waals surface area contributed by atoms with Crippen LogP contribution in [0.5, 0.6) is 0 Å². The lowest BCUT2D eigenvalue weighted by Gasteiger charge is -2.28. The van der Waals surface area contributed by atoms with Crippen molar-refractivity contribution in [2.24, 2.45) is 0 Å². The van der Waals surface area contributed by atoms with Crippen molar-refractivity contribution >= 4 is 33.9 Å². The van der Waals surface area contributed by atoms with E-state index in [1.807, 2.05) is 12.1 Å². The van der Waals surface area contributed by atoms with E-state index < -0.39 is 30.1 Å². The zero-order chi connectivity index (χ0) is 18.6. The van der Waals surface area contributed by atoms with Crippen LogP contribution in [0.1, 0.15) is 32.4 Å². The van der Waals surface area contributed by atoms with Crippen molar-refractivity contribution in [3.63, 3.8) is 0 Å². The highest BCUT2D eigenvalue weighted by molar-refractivity contribution is 9.10. The third kappa shape index (κ3) is 4.60. The van der Waals surface area contributed by atoms with Crippen LogP contribution in [0.25, 0.3) is 0 Å². The first-order valence-electron chi connectivity index (χ1n) is 7.74. The Morgan fingerprint density at radius 2 is 1.92 bits per heavy atom. The first kappa shape index (κ1) is 19.0. The molecule has 0 aromatic heterocycles. The molecule has 0 fully saturated rings. The van der Waals surface area contributed by atoms with Crippen LogP contribution in [0, 0.1) is 0 Å². The Hall–Kier alpha value is -2.35. The van der Waals surface area contributed by atoms with Crippen LogP contribution in [0.3, 0.4) is 0 Å². The minimum absolute atomic E-state index is 0.196. The third-order valence-corrected chi connectivity index (χ3v) is 4.12. The van der Waals surface area contributed by atoms with Crippen molar-refractivity contribution in [1.29, 1.82) is 0 Å². The fraction of sp³-hybridized carbons (Fsp3) is 0.353. The molecule has 1 heterocycles. The van der Waals surface area contributed by atoms with Gasteiger partial charge in [-0.2, -0.15) is 0 Å². The number of allylic oxidation sites excluding steroid dienone is 1. The molecule has 134 valence electrons. The number of rotatable bonds is 5. The van der Waals surface area contributed by atoms with Gasteiger partial charge in [0.15, 0.2) is 6.10 Å². The Balaban J connectivity index is 2.28. The second-order valence-corrected chi connectivity index (χ2v) is 6.34. The minimum Gasteiger partial charge on any atom is -0.463 e. The Kier molecular flexibility index (Phi) is 6.19. The van der Waals surface area contributed by atoms with Gasteiger partial charge in [-0.25, -0.2) is 14.4 Å². The van der Waals surface area contributed by atoms with Gasteiger partial charge >= 0.3 is 18.0 Å². The maximum Gasteiger partial charge on any atom is 0.347 e. The molecule has 2 amide bonds. The largest absolute Gasteiger partial charge is 0.463 e. The Labute approximate surface area is 153 Å². The zero-order valence-corrected chi connectivity index (χ0v) is 15.7. The third-order valence-electron chi connectivity index (χ3n) is 3.59. The van der Waals surface area contributed by atoms with Gasteiger partial charge in [-0.1, -0.05) is 28.1 Å². The Morgan fingerprint density at radius 1 is 1.28 bits per heavy atom. The molecule has 8 heteroatoms. The quantitative estimate of drug-likeness (QED) is 0.727. The van der Waals surface area contributed by atoms with Crippen LogP contribution >= 0.6 is 15.9 Å². The highest BCUT2D eigenvalue weighted by atomic mass is 79.9. The van der Waals surface area contributed by atoms with Gasteiger partial charge in [0.1, 0.15) is 0 Å². The first-order chi connectivity index (χ1) is 11.8. The van der Waals surface area contributed by atoms with Crippen molar-refractivity contribution in [3.05, 3.63) is 45.6 Å². The van der Waals surface area contributed by atoms with Gasteiger partial charge in [-0.15, -0.1) is 0 Å². The molecule has 0 unspecified atom stereocenters. The number of hydrogen-bond acceptors (Lipinski definition) is 5. The molecule has 2 rings (SSSR count). The smallest absolute Gasteiger partial charge is 0.347 e. The molecule has 1 aromatic rings. The summed E-state index contributed by atoms with van der Waals surface area (Å²) in [5, 5.41) is 5.25. The number of carbonyl (C=O) groups is 3. The average molecular weight is 411 g/mol. The van der Waals surface area contributed by atoms with E-state index in [1.165, 1.54) is 6.92 Å². The van der Waals surface area contributed by atoms with Crippen molar-refractivity contribution in [2.75, 3.05) is 6.61 Å². The lowest BCUT2D eigenvalue weighted by atomic mass is 9.95.